The molecule has 1 aliphatic rings. The van der Waals surface area contributed by atoms with Gasteiger partial charge in [-0.15, -0.1) is 0 Å². The average Bonchev–Trinajstić information content (AvgIpc) is 2.51. The maximum absolute atomic E-state index is 12.2. The molecule has 2 N–H and O–H groups in total. The Bertz CT molecular complexity index is 709. The molecule has 0 saturated carbocycles. The van der Waals surface area contributed by atoms with E-state index < -0.39 is 5.41 Å². The number of nitrogen functional groups attached to an aromatic ring is 1. The van der Waals surface area contributed by atoms with Gasteiger partial charge in [0.1, 0.15) is 0 Å². The molecule has 0 aliphatic carbocycles. The third-order valence-corrected chi connectivity index (χ3v) is 4.31. The van der Waals surface area contributed by atoms with Gasteiger partial charge in [0.25, 0.3) is 0 Å². The van der Waals surface area contributed by atoms with Crippen molar-refractivity contribution < 1.29 is 4.79 Å². The lowest BCUT2D eigenvalue weighted by Crippen LogP contribution is -2.55. The highest BCUT2D eigenvalue weighted by Gasteiger charge is 2.49. The maximum atomic E-state index is 12.2. The SMILES string of the molecule is C=C1N(c2ccc(Cc3ccc(N)cc3)cc2)C(=O)C1(C)C. The molecular weight excluding hydrogens is 272 g/mol. The number of amides is 1. The number of hydrogen-bond donors (Lipinski definition) is 1. The number of nitrogens with two attached hydrogens (primary N) is 1. The van der Waals surface area contributed by atoms with Crippen LogP contribution in [0.1, 0.15) is 25.0 Å². The van der Waals surface area contributed by atoms with Crippen LogP contribution >= 0.6 is 0 Å². The molecule has 0 atom stereocenters. The van der Waals surface area contributed by atoms with Crippen molar-refractivity contribution >= 4 is 17.3 Å². The Morgan fingerprint density at radius 1 is 1.00 bits per heavy atom. The molecule has 2 aromatic carbocycles. The minimum atomic E-state index is -0.442. The Hall–Kier alpha value is -2.55. The summed E-state index contributed by atoms with van der Waals surface area (Å²) >= 11 is 0. The first kappa shape index (κ1) is 14.4. The molecule has 0 spiro atoms. The van der Waals surface area contributed by atoms with Gasteiger partial charge in [0.15, 0.2) is 0 Å². The fraction of sp³-hybridized carbons (Fsp3) is 0.211. The third-order valence-electron chi connectivity index (χ3n) is 4.31. The van der Waals surface area contributed by atoms with Crippen molar-refractivity contribution in [2.75, 3.05) is 10.6 Å². The van der Waals surface area contributed by atoms with E-state index in [1.165, 1.54) is 11.1 Å². The van der Waals surface area contributed by atoms with Crippen LogP contribution in [0.2, 0.25) is 0 Å². The molecule has 0 aromatic heterocycles. The first-order valence-electron chi connectivity index (χ1n) is 7.37. The van der Waals surface area contributed by atoms with Crippen LogP contribution in [0, 0.1) is 5.41 Å². The predicted molar refractivity (Wildman–Crippen MR) is 90.5 cm³/mol. The highest BCUT2D eigenvalue weighted by atomic mass is 16.2. The van der Waals surface area contributed by atoms with E-state index in [-0.39, 0.29) is 5.91 Å². The standard InChI is InChI=1S/C19H20N2O/c1-13-19(2,3)18(22)21(13)17-10-6-15(7-11-17)12-14-4-8-16(20)9-5-14/h4-11H,1,12,20H2,2-3H3. The number of carbonyl (C=O) groups is 1. The first-order valence-corrected chi connectivity index (χ1v) is 7.37. The number of hydrogen-bond acceptors (Lipinski definition) is 2. The van der Waals surface area contributed by atoms with E-state index in [2.05, 4.69) is 18.7 Å². The highest BCUT2D eigenvalue weighted by Crippen LogP contribution is 2.43. The molecule has 3 nitrogen and oxygen atoms in total. The summed E-state index contributed by atoms with van der Waals surface area (Å²) in [5.41, 5.74) is 10.2. The summed E-state index contributed by atoms with van der Waals surface area (Å²) in [4.78, 5) is 13.8. The summed E-state index contributed by atoms with van der Waals surface area (Å²) in [5, 5.41) is 0. The lowest BCUT2D eigenvalue weighted by molar-refractivity contribution is -0.129. The second kappa shape index (κ2) is 5.02. The second-order valence-electron chi connectivity index (χ2n) is 6.30. The number of nitrogens with zero attached hydrogens (tertiary/aromatic N) is 1. The van der Waals surface area contributed by atoms with Crippen LogP contribution in [0.4, 0.5) is 11.4 Å². The molecule has 2 aromatic rings. The second-order valence-corrected chi connectivity index (χ2v) is 6.30. The summed E-state index contributed by atoms with van der Waals surface area (Å²) in [6.45, 7) is 7.83. The van der Waals surface area contributed by atoms with E-state index in [1.54, 1.807) is 4.90 Å². The largest absolute Gasteiger partial charge is 0.399 e. The maximum Gasteiger partial charge on any atom is 0.242 e. The zero-order valence-electron chi connectivity index (χ0n) is 13.0. The van der Waals surface area contributed by atoms with Gasteiger partial charge in [0, 0.05) is 17.1 Å². The van der Waals surface area contributed by atoms with Gasteiger partial charge in [-0.25, -0.2) is 0 Å². The van der Waals surface area contributed by atoms with Crippen molar-refractivity contribution in [3.8, 4) is 0 Å². The molecular formula is C19H20N2O. The lowest BCUT2D eigenvalue weighted by Gasteiger charge is -2.46. The molecule has 3 heteroatoms. The van der Waals surface area contributed by atoms with Gasteiger partial charge in [0.05, 0.1) is 5.41 Å². The Kier molecular flexibility index (Phi) is 3.28. The van der Waals surface area contributed by atoms with Crippen molar-refractivity contribution in [3.05, 3.63) is 71.9 Å². The van der Waals surface area contributed by atoms with Gasteiger partial charge in [-0.2, -0.15) is 0 Å². The van der Waals surface area contributed by atoms with Crippen LogP contribution in [0.5, 0.6) is 0 Å². The van der Waals surface area contributed by atoms with Crippen LogP contribution in [0.3, 0.4) is 0 Å². The summed E-state index contributed by atoms with van der Waals surface area (Å²) in [7, 11) is 0. The minimum Gasteiger partial charge on any atom is -0.399 e. The van der Waals surface area contributed by atoms with Crippen molar-refractivity contribution in [1.29, 1.82) is 0 Å². The zero-order valence-corrected chi connectivity index (χ0v) is 13.0. The summed E-state index contributed by atoms with van der Waals surface area (Å²) in [6, 6.07) is 16.0. The topological polar surface area (TPSA) is 46.3 Å². The number of anilines is 2. The molecule has 1 heterocycles. The molecule has 3 rings (SSSR count). The van der Waals surface area contributed by atoms with E-state index in [0.29, 0.717) is 0 Å². The summed E-state index contributed by atoms with van der Waals surface area (Å²) in [5.74, 6) is 0.101. The first-order chi connectivity index (χ1) is 10.4. The monoisotopic (exact) mass is 292 g/mol. The predicted octanol–water partition coefficient (Wildman–Crippen LogP) is 3.75. The van der Waals surface area contributed by atoms with Gasteiger partial charge >= 0.3 is 0 Å². The van der Waals surface area contributed by atoms with E-state index in [4.69, 9.17) is 5.73 Å². The van der Waals surface area contributed by atoms with Crippen molar-refractivity contribution in [1.82, 2.24) is 0 Å². The molecule has 112 valence electrons. The zero-order chi connectivity index (χ0) is 15.9. The van der Waals surface area contributed by atoms with Gasteiger partial charge in [0.2, 0.25) is 5.91 Å². The Labute approximate surface area is 131 Å². The Morgan fingerprint density at radius 2 is 1.50 bits per heavy atom. The van der Waals surface area contributed by atoms with Crippen molar-refractivity contribution in [3.63, 3.8) is 0 Å². The van der Waals surface area contributed by atoms with E-state index in [0.717, 1.165) is 23.5 Å². The fourth-order valence-corrected chi connectivity index (χ4v) is 2.66. The quantitative estimate of drug-likeness (QED) is 0.692. The molecule has 1 amide bonds. The van der Waals surface area contributed by atoms with E-state index in [1.807, 2.05) is 50.2 Å². The summed E-state index contributed by atoms with van der Waals surface area (Å²) < 4.78 is 0. The normalized spacial score (nSPS) is 16.5. The van der Waals surface area contributed by atoms with Crippen LogP contribution in [0.25, 0.3) is 0 Å². The van der Waals surface area contributed by atoms with Crippen molar-refractivity contribution in [2.45, 2.75) is 20.3 Å². The van der Waals surface area contributed by atoms with Crippen LogP contribution in [-0.4, -0.2) is 5.91 Å². The molecule has 1 aliphatic heterocycles. The molecule has 1 saturated heterocycles. The lowest BCUT2D eigenvalue weighted by atomic mass is 9.79. The van der Waals surface area contributed by atoms with Crippen molar-refractivity contribution in [2.24, 2.45) is 5.41 Å². The molecule has 0 unspecified atom stereocenters. The Morgan fingerprint density at radius 3 is 2.00 bits per heavy atom. The minimum absolute atomic E-state index is 0.101. The number of rotatable bonds is 3. The van der Waals surface area contributed by atoms with Crippen LogP contribution in [0.15, 0.2) is 60.8 Å². The van der Waals surface area contributed by atoms with E-state index in [9.17, 15) is 4.79 Å². The molecule has 22 heavy (non-hydrogen) atoms. The smallest absolute Gasteiger partial charge is 0.242 e. The Balaban J connectivity index is 1.75. The van der Waals surface area contributed by atoms with Crippen LogP contribution < -0.4 is 10.6 Å². The average molecular weight is 292 g/mol. The van der Waals surface area contributed by atoms with Gasteiger partial charge in [-0.3, -0.25) is 9.69 Å². The van der Waals surface area contributed by atoms with E-state index >= 15 is 0 Å². The van der Waals surface area contributed by atoms with Gasteiger partial charge in [-0.05, 0) is 55.7 Å². The number of benzene rings is 2. The summed E-state index contributed by atoms with van der Waals surface area (Å²) in [6.07, 6.45) is 0.848. The molecule has 0 bridgehead atoms. The molecule has 1 fully saturated rings. The van der Waals surface area contributed by atoms with Crippen LogP contribution in [-0.2, 0) is 11.2 Å². The fourth-order valence-electron chi connectivity index (χ4n) is 2.66. The highest BCUT2D eigenvalue weighted by molar-refractivity contribution is 6.10. The number of β-lactam (4-membered cyclic amide) rings is 1. The van der Waals surface area contributed by atoms with Gasteiger partial charge in [-0.1, -0.05) is 30.8 Å². The molecule has 0 radical (unpaired) electrons. The number of carbonyl (C=O) groups excluding carboxylic acids is 1. The third kappa shape index (κ3) is 2.29. The van der Waals surface area contributed by atoms with Gasteiger partial charge < -0.3 is 5.73 Å².